The first-order valence-electron chi connectivity index (χ1n) is 5.38. The van der Waals surface area contributed by atoms with Crippen LogP contribution in [0, 0.1) is 0 Å². The summed E-state index contributed by atoms with van der Waals surface area (Å²) in [7, 11) is 0. The molecule has 0 saturated heterocycles. The lowest BCUT2D eigenvalue weighted by Crippen LogP contribution is -2.37. The standard InChI is InChI=1S/C13H20N2/c1-6-8-11-12(9-7-2)14-10(3)15-13(11,4)5/h6,8-9H,1,7H2,2-5H3,(H,14,15)/b11-8+,12-9+. The van der Waals surface area contributed by atoms with Crippen molar-refractivity contribution >= 4 is 5.84 Å². The highest BCUT2D eigenvalue weighted by Gasteiger charge is 2.28. The lowest BCUT2D eigenvalue weighted by Gasteiger charge is -2.32. The second-order valence-electron chi connectivity index (χ2n) is 4.22. The minimum absolute atomic E-state index is 0.162. The molecule has 1 aliphatic rings. The Bertz CT molecular complexity index is 344. The van der Waals surface area contributed by atoms with Crippen molar-refractivity contribution in [1.82, 2.24) is 5.32 Å². The summed E-state index contributed by atoms with van der Waals surface area (Å²) >= 11 is 0. The molecule has 0 aromatic carbocycles. The number of nitrogens with one attached hydrogen (secondary N) is 1. The first-order valence-corrected chi connectivity index (χ1v) is 5.38. The Hall–Kier alpha value is -1.31. The Kier molecular flexibility index (Phi) is 3.51. The van der Waals surface area contributed by atoms with Crippen LogP contribution in [0.5, 0.6) is 0 Å². The Morgan fingerprint density at radius 3 is 2.67 bits per heavy atom. The van der Waals surface area contributed by atoms with Gasteiger partial charge in [-0.2, -0.15) is 0 Å². The fraction of sp³-hybridized carbons (Fsp3) is 0.462. The minimum atomic E-state index is -0.162. The normalized spacial score (nSPS) is 24.9. The van der Waals surface area contributed by atoms with Crippen LogP contribution in [-0.4, -0.2) is 11.4 Å². The molecule has 1 rings (SSSR count). The van der Waals surface area contributed by atoms with Gasteiger partial charge in [0.15, 0.2) is 0 Å². The molecule has 2 heteroatoms. The number of aliphatic imine (C=N–C) groups is 1. The van der Waals surface area contributed by atoms with Crippen molar-refractivity contribution in [3.05, 3.63) is 36.1 Å². The van der Waals surface area contributed by atoms with Crippen LogP contribution in [0.15, 0.2) is 41.1 Å². The van der Waals surface area contributed by atoms with Gasteiger partial charge in [-0.25, -0.2) is 0 Å². The van der Waals surface area contributed by atoms with E-state index >= 15 is 0 Å². The van der Waals surface area contributed by atoms with E-state index in [1.807, 2.05) is 19.1 Å². The predicted molar refractivity (Wildman–Crippen MR) is 67.0 cm³/mol. The molecule has 0 fully saturated rings. The Morgan fingerprint density at radius 2 is 2.13 bits per heavy atom. The maximum absolute atomic E-state index is 4.60. The quantitative estimate of drug-likeness (QED) is 0.734. The van der Waals surface area contributed by atoms with Gasteiger partial charge in [-0.1, -0.05) is 31.7 Å². The molecule has 1 heterocycles. The summed E-state index contributed by atoms with van der Waals surface area (Å²) in [5, 5.41) is 3.30. The number of rotatable bonds is 2. The van der Waals surface area contributed by atoms with Crippen molar-refractivity contribution in [1.29, 1.82) is 0 Å². The van der Waals surface area contributed by atoms with E-state index in [2.05, 4.69) is 43.7 Å². The van der Waals surface area contributed by atoms with Crippen molar-refractivity contribution < 1.29 is 0 Å². The maximum Gasteiger partial charge on any atom is 0.0986 e. The van der Waals surface area contributed by atoms with Crippen molar-refractivity contribution in [2.24, 2.45) is 4.99 Å². The van der Waals surface area contributed by atoms with Crippen LogP contribution in [-0.2, 0) is 0 Å². The Morgan fingerprint density at radius 1 is 1.47 bits per heavy atom. The first kappa shape index (κ1) is 11.8. The average Bonchev–Trinajstić information content (AvgIpc) is 2.10. The summed E-state index contributed by atoms with van der Waals surface area (Å²) in [5.41, 5.74) is 2.20. The zero-order chi connectivity index (χ0) is 11.5. The Balaban J connectivity index is 3.22. The van der Waals surface area contributed by atoms with Gasteiger partial charge in [0.25, 0.3) is 0 Å². The molecule has 0 amide bonds. The van der Waals surface area contributed by atoms with Crippen LogP contribution in [0.4, 0.5) is 0 Å². The molecular weight excluding hydrogens is 184 g/mol. The van der Waals surface area contributed by atoms with Crippen molar-refractivity contribution in [2.75, 3.05) is 0 Å². The molecule has 0 atom stereocenters. The summed E-state index contributed by atoms with van der Waals surface area (Å²) in [6, 6.07) is 0. The second kappa shape index (κ2) is 4.47. The minimum Gasteiger partial charge on any atom is -0.344 e. The van der Waals surface area contributed by atoms with E-state index in [9.17, 15) is 0 Å². The third kappa shape index (κ3) is 2.58. The van der Waals surface area contributed by atoms with Gasteiger partial charge in [0.1, 0.15) is 0 Å². The average molecular weight is 204 g/mol. The van der Waals surface area contributed by atoms with Crippen LogP contribution in [0.2, 0.25) is 0 Å². The second-order valence-corrected chi connectivity index (χ2v) is 4.22. The molecule has 0 saturated carbocycles. The lowest BCUT2D eigenvalue weighted by atomic mass is 9.89. The fourth-order valence-electron chi connectivity index (χ4n) is 1.88. The molecule has 2 nitrogen and oxygen atoms in total. The zero-order valence-electron chi connectivity index (χ0n) is 10.1. The van der Waals surface area contributed by atoms with E-state index < -0.39 is 0 Å². The molecule has 15 heavy (non-hydrogen) atoms. The summed E-state index contributed by atoms with van der Waals surface area (Å²) < 4.78 is 0. The molecule has 82 valence electrons. The molecule has 0 unspecified atom stereocenters. The fourth-order valence-corrected chi connectivity index (χ4v) is 1.88. The largest absolute Gasteiger partial charge is 0.344 e. The van der Waals surface area contributed by atoms with E-state index in [0.29, 0.717) is 0 Å². The number of allylic oxidation sites excluding steroid dienone is 3. The maximum atomic E-state index is 4.60. The monoisotopic (exact) mass is 204 g/mol. The molecule has 0 aliphatic carbocycles. The van der Waals surface area contributed by atoms with Crippen LogP contribution in [0.25, 0.3) is 0 Å². The van der Waals surface area contributed by atoms with E-state index in [0.717, 1.165) is 18.0 Å². The number of nitrogens with zero attached hydrogens (tertiary/aromatic N) is 1. The third-order valence-electron chi connectivity index (χ3n) is 2.40. The third-order valence-corrected chi connectivity index (χ3v) is 2.40. The van der Waals surface area contributed by atoms with Gasteiger partial charge in [0.05, 0.1) is 11.4 Å². The lowest BCUT2D eigenvalue weighted by molar-refractivity contribution is 0.595. The topological polar surface area (TPSA) is 24.4 Å². The number of amidine groups is 1. The molecule has 1 aliphatic heterocycles. The van der Waals surface area contributed by atoms with Gasteiger partial charge in [-0.15, -0.1) is 0 Å². The van der Waals surface area contributed by atoms with Crippen molar-refractivity contribution in [3.63, 3.8) is 0 Å². The molecule has 1 N–H and O–H groups in total. The van der Waals surface area contributed by atoms with Crippen LogP contribution in [0.1, 0.15) is 34.1 Å². The van der Waals surface area contributed by atoms with Gasteiger partial charge in [-0.05, 0) is 27.2 Å². The summed E-state index contributed by atoms with van der Waals surface area (Å²) in [5.74, 6) is 0.973. The molecule has 0 aromatic heterocycles. The summed E-state index contributed by atoms with van der Waals surface area (Å²) in [6.07, 6.45) is 7.05. The molecular formula is C13H20N2. The van der Waals surface area contributed by atoms with E-state index in [-0.39, 0.29) is 5.54 Å². The SMILES string of the molecule is C=C/C=C1\C(=C/CC)NC(C)=NC1(C)C. The van der Waals surface area contributed by atoms with Gasteiger partial charge >= 0.3 is 0 Å². The van der Waals surface area contributed by atoms with E-state index in [1.54, 1.807) is 0 Å². The van der Waals surface area contributed by atoms with Gasteiger partial charge in [-0.3, -0.25) is 4.99 Å². The molecule has 0 aromatic rings. The van der Waals surface area contributed by atoms with Gasteiger partial charge < -0.3 is 5.32 Å². The first-order chi connectivity index (χ1) is 7.01. The smallest absolute Gasteiger partial charge is 0.0986 e. The van der Waals surface area contributed by atoms with Gasteiger partial charge in [0, 0.05) is 11.3 Å². The molecule has 0 bridgehead atoms. The number of hydrogen-bond donors (Lipinski definition) is 1. The Labute approximate surface area is 92.5 Å². The zero-order valence-corrected chi connectivity index (χ0v) is 10.1. The molecule has 0 radical (unpaired) electrons. The van der Waals surface area contributed by atoms with Gasteiger partial charge in [0.2, 0.25) is 0 Å². The number of hydrogen-bond acceptors (Lipinski definition) is 2. The predicted octanol–water partition coefficient (Wildman–Crippen LogP) is 3.19. The van der Waals surface area contributed by atoms with Crippen molar-refractivity contribution in [2.45, 2.75) is 39.7 Å². The highest BCUT2D eigenvalue weighted by Crippen LogP contribution is 2.29. The molecule has 0 spiro atoms. The van der Waals surface area contributed by atoms with E-state index in [4.69, 9.17) is 0 Å². The summed E-state index contributed by atoms with van der Waals surface area (Å²) in [6.45, 7) is 12.1. The van der Waals surface area contributed by atoms with Crippen LogP contribution >= 0.6 is 0 Å². The van der Waals surface area contributed by atoms with Crippen molar-refractivity contribution in [3.8, 4) is 0 Å². The van der Waals surface area contributed by atoms with E-state index in [1.165, 1.54) is 5.57 Å². The van der Waals surface area contributed by atoms with Crippen LogP contribution in [0.3, 0.4) is 0 Å². The summed E-state index contributed by atoms with van der Waals surface area (Å²) in [4.78, 5) is 4.60. The van der Waals surface area contributed by atoms with Crippen LogP contribution < -0.4 is 5.32 Å². The highest BCUT2D eigenvalue weighted by atomic mass is 15.1. The highest BCUT2D eigenvalue weighted by molar-refractivity contribution is 5.85.